The number of halogens is 3. The van der Waals surface area contributed by atoms with Gasteiger partial charge in [0, 0.05) is 48.3 Å². The van der Waals surface area contributed by atoms with E-state index in [0.717, 1.165) is 40.8 Å². The van der Waals surface area contributed by atoms with Crippen molar-refractivity contribution in [2.75, 3.05) is 6.79 Å². The van der Waals surface area contributed by atoms with Crippen LogP contribution < -0.4 is 14.8 Å². The minimum absolute atomic E-state index is 0.127. The van der Waals surface area contributed by atoms with E-state index in [1.807, 2.05) is 30.3 Å². The lowest BCUT2D eigenvalue weighted by Crippen LogP contribution is -2.44. The highest BCUT2D eigenvalue weighted by Crippen LogP contribution is 2.35. The number of para-hydroxylation sites is 1. The highest BCUT2D eigenvalue weighted by Gasteiger charge is 2.38. The molecule has 3 heterocycles. The van der Waals surface area contributed by atoms with Crippen LogP contribution in [0.4, 0.5) is 13.2 Å². The number of carboxylic acids is 2. The number of H-pyrrole nitrogens is 2. The van der Waals surface area contributed by atoms with Crippen LogP contribution in [0.2, 0.25) is 0 Å². The molecule has 1 aliphatic rings. The summed E-state index contributed by atoms with van der Waals surface area (Å²) in [5.41, 5.74) is 3.26. The van der Waals surface area contributed by atoms with E-state index >= 15 is 0 Å². The van der Waals surface area contributed by atoms with Gasteiger partial charge in [0.1, 0.15) is 11.9 Å². The molecule has 0 fully saturated rings. The molecule has 1 amide bonds. The number of benzene rings is 2. The van der Waals surface area contributed by atoms with Gasteiger partial charge < -0.3 is 35.0 Å². The van der Waals surface area contributed by atoms with E-state index in [1.54, 1.807) is 24.5 Å². The third-order valence-corrected chi connectivity index (χ3v) is 6.66. The number of nitrogens with one attached hydrogen (secondary N) is 3. The van der Waals surface area contributed by atoms with Crippen LogP contribution in [-0.2, 0) is 33.6 Å². The molecule has 43 heavy (non-hydrogen) atoms. The number of aromatic nitrogens is 3. The fourth-order valence-electron chi connectivity index (χ4n) is 4.58. The Labute approximate surface area is 243 Å². The minimum atomic E-state index is -5.08. The van der Waals surface area contributed by atoms with Gasteiger partial charge in [0.2, 0.25) is 12.7 Å². The molecule has 4 aromatic rings. The van der Waals surface area contributed by atoms with Gasteiger partial charge in [-0.1, -0.05) is 31.2 Å². The molecule has 0 radical (unpaired) electrons. The Morgan fingerprint density at radius 1 is 1.07 bits per heavy atom. The standard InChI is InChI=1S/C27H28N4O5.C2HF3O2/c1-2-5-25-29-14-18(30-25)12-20(16-8-9-23-24(11-16)36-15-35-23)26(32)31-22(27(33)34)10-17-13-28-21-7-4-3-6-19(17)21;3-2(4,5)1(6)7/h3-4,6-9,11,13-14,20,22,28H,2,5,10,12,15H2,1H3,(H,29,30)(H,31,32)(H,33,34);(H,6,7)/t20-,22-;/m0./s1. The number of fused-ring (bicyclic) bond motifs is 2. The molecule has 5 N–H and O–H groups in total. The van der Waals surface area contributed by atoms with Crippen molar-refractivity contribution in [3.63, 3.8) is 0 Å². The maximum Gasteiger partial charge on any atom is 0.490 e. The predicted molar refractivity (Wildman–Crippen MR) is 147 cm³/mol. The molecule has 0 saturated heterocycles. The van der Waals surface area contributed by atoms with E-state index in [2.05, 4.69) is 27.2 Å². The zero-order chi connectivity index (χ0) is 31.1. The maximum absolute atomic E-state index is 13.6. The molecular weight excluding hydrogens is 573 g/mol. The number of aliphatic carboxylic acids is 2. The van der Waals surface area contributed by atoms with Crippen molar-refractivity contribution in [2.24, 2.45) is 0 Å². The lowest BCUT2D eigenvalue weighted by molar-refractivity contribution is -0.192. The van der Waals surface area contributed by atoms with Crippen LogP contribution in [0.15, 0.2) is 54.9 Å². The third kappa shape index (κ3) is 7.84. The molecule has 0 aliphatic carbocycles. The number of carboxylic acid groups (broad SMARTS) is 2. The Hall–Kier alpha value is -5.01. The van der Waals surface area contributed by atoms with Crippen molar-refractivity contribution in [2.45, 2.75) is 50.7 Å². The molecule has 14 heteroatoms. The van der Waals surface area contributed by atoms with Gasteiger partial charge in [-0.15, -0.1) is 0 Å². The number of carbonyl (C=O) groups is 3. The van der Waals surface area contributed by atoms with Gasteiger partial charge in [0.15, 0.2) is 11.5 Å². The summed E-state index contributed by atoms with van der Waals surface area (Å²) in [6, 6.07) is 12.0. The predicted octanol–water partition coefficient (Wildman–Crippen LogP) is 4.34. The fourth-order valence-corrected chi connectivity index (χ4v) is 4.58. The third-order valence-electron chi connectivity index (χ3n) is 6.66. The number of ether oxygens (including phenoxy) is 2. The quantitative estimate of drug-likeness (QED) is 0.179. The van der Waals surface area contributed by atoms with Crippen LogP contribution in [0.3, 0.4) is 0 Å². The molecular formula is C29H29F3N4O7. The van der Waals surface area contributed by atoms with Gasteiger partial charge in [-0.3, -0.25) is 4.79 Å². The summed E-state index contributed by atoms with van der Waals surface area (Å²) >= 11 is 0. The van der Waals surface area contributed by atoms with Crippen LogP contribution in [0.5, 0.6) is 11.5 Å². The number of carbonyl (C=O) groups excluding carboxylic acids is 1. The van der Waals surface area contributed by atoms with Gasteiger partial charge in [0.05, 0.1) is 5.92 Å². The first-order valence-corrected chi connectivity index (χ1v) is 13.3. The zero-order valence-corrected chi connectivity index (χ0v) is 22.9. The lowest BCUT2D eigenvalue weighted by atomic mass is 9.92. The van der Waals surface area contributed by atoms with Crippen LogP contribution in [0, 0.1) is 0 Å². The molecule has 5 rings (SSSR count). The van der Waals surface area contributed by atoms with Crippen molar-refractivity contribution in [3.05, 3.63) is 77.5 Å². The normalized spacial score (nSPS) is 13.6. The Morgan fingerprint density at radius 3 is 2.49 bits per heavy atom. The largest absolute Gasteiger partial charge is 0.490 e. The second-order valence-electron chi connectivity index (χ2n) is 9.74. The first-order valence-electron chi connectivity index (χ1n) is 13.3. The van der Waals surface area contributed by atoms with Crippen LogP contribution in [-0.4, -0.2) is 62.0 Å². The van der Waals surface area contributed by atoms with Gasteiger partial charge in [-0.2, -0.15) is 13.2 Å². The number of aromatic amines is 2. The van der Waals surface area contributed by atoms with Crippen LogP contribution >= 0.6 is 0 Å². The number of amides is 1. The lowest BCUT2D eigenvalue weighted by Gasteiger charge is -2.21. The number of rotatable bonds is 10. The van der Waals surface area contributed by atoms with E-state index < -0.39 is 30.1 Å². The van der Waals surface area contributed by atoms with Crippen molar-refractivity contribution >= 4 is 28.7 Å². The summed E-state index contributed by atoms with van der Waals surface area (Å²) in [7, 11) is 0. The van der Waals surface area contributed by atoms with Gasteiger partial charge >= 0.3 is 18.1 Å². The summed E-state index contributed by atoms with van der Waals surface area (Å²) in [6.45, 7) is 2.20. The van der Waals surface area contributed by atoms with Crippen molar-refractivity contribution in [3.8, 4) is 11.5 Å². The second-order valence-corrected chi connectivity index (χ2v) is 9.74. The van der Waals surface area contributed by atoms with Crippen LogP contribution in [0.1, 0.15) is 41.9 Å². The number of aryl methyl sites for hydroxylation is 1. The number of imidazole rings is 1. The van der Waals surface area contributed by atoms with Gasteiger partial charge in [-0.05, 0) is 35.7 Å². The van der Waals surface area contributed by atoms with E-state index in [0.29, 0.717) is 23.5 Å². The summed E-state index contributed by atoms with van der Waals surface area (Å²) in [5, 5.41) is 20.8. The SMILES string of the molecule is CCCc1ncc(C[C@H](C(=O)N[C@@H](Cc2c[nH]c3ccccc23)C(=O)O)c2ccc3c(c2)OCO3)[nH]1.O=C(O)C(F)(F)F. The summed E-state index contributed by atoms with van der Waals surface area (Å²) in [6.07, 6.45) is 0.700. The molecule has 2 aromatic carbocycles. The topological polar surface area (TPSA) is 167 Å². The maximum atomic E-state index is 13.6. The molecule has 0 spiro atoms. The molecule has 0 bridgehead atoms. The Bertz CT molecular complexity index is 1600. The van der Waals surface area contributed by atoms with Gasteiger partial charge in [0.25, 0.3) is 0 Å². The second kappa shape index (κ2) is 13.3. The zero-order valence-electron chi connectivity index (χ0n) is 22.9. The molecule has 1 aliphatic heterocycles. The Kier molecular flexibility index (Phi) is 9.58. The summed E-state index contributed by atoms with van der Waals surface area (Å²) in [4.78, 5) is 45.5. The minimum Gasteiger partial charge on any atom is -0.480 e. The molecule has 2 aromatic heterocycles. The molecule has 0 saturated carbocycles. The van der Waals surface area contributed by atoms with E-state index in [-0.39, 0.29) is 19.1 Å². The van der Waals surface area contributed by atoms with Crippen molar-refractivity contribution in [1.82, 2.24) is 20.3 Å². The highest BCUT2D eigenvalue weighted by molar-refractivity contribution is 5.89. The van der Waals surface area contributed by atoms with E-state index in [1.165, 1.54) is 0 Å². The average molecular weight is 603 g/mol. The Balaban J connectivity index is 0.000000541. The smallest absolute Gasteiger partial charge is 0.480 e. The molecule has 228 valence electrons. The summed E-state index contributed by atoms with van der Waals surface area (Å²) in [5.74, 6) is -2.84. The summed E-state index contributed by atoms with van der Waals surface area (Å²) < 4.78 is 42.7. The number of hydrogen-bond acceptors (Lipinski definition) is 6. The average Bonchev–Trinajstić information content (AvgIpc) is 3.71. The number of alkyl halides is 3. The fraction of sp³-hybridized carbons (Fsp3) is 0.310. The van der Waals surface area contributed by atoms with Crippen molar-refractivity contribution in [1.29, 1.82) is 0 Å². The van der Waals surface area contributed by atoms with Crippen molar-refractivity contribution < 1.29 is 47.2 Å². The highest BCUT2D eigenvalue weighted by atomic mass is 19.4. The monoisotopic (exact) mass is 602 g/mol. The molecule has 2 atom stereocenters. The molecule has 11 nitrogen and oxygen atoms in total. The number of nitrogens with zero attached hydrogens (tertiary/aromatic N) is 1. The van der Waals surface area contributed by atoms with E-state index in [9.17, 15) is 27.9 Å². The first kappa shape index (κ1) is 30.9. The Morgan fingerprint density at radius 2 is 1.79 bits per heavy atom. The number of hydrogen-bond donors (Lipinski definition) is 5. The van der Waals surface area contributed by atoms with Crippen LogP contribution in [0.25, 0.3) is 10.9 Å². The first-order chi connectivity index (χ1) is 20.5. The van der Waals surface area contributed by atoms with E-state index in [4.69, 9.17) is 19.4 Å². The molecule has 0 unspecified atom stereocenters. The van der Waals surface area contributed by atoms with Gasteiger partial charge in [-0.25, -0.2) is 14.6 Å².